The summed E-state index contributed by atoms with van der Waals surface area (Å²) in [6.45, 7) is 3.16. The van der Waals surface area contributed by atoms with Crippen LogP contribution < -0.4 is 5.73 Å². The van der Waals surface area contributed by atoms with E-state index in [2.05, 4.69) is 5.10 Å². The predicted molar refractivity (Wildman–Crippen MR) is 75.3 cm³/mol. The number of carbonyl (C=O) groups is 1. The third-order valence-corrected chi connectivity index (χ3v) is 3.17. The number of carbonyl (C=O) groups excluding carboxylic acids is 1. The van der Waals surface area contributed by atoms with Crippen LogP contribution in [-0.2, 0) is 13.1 Å². The first-order chi connectivity index (χ1) is 9.17. The Balaban J connectivity index is 2.34. The van der Waals surface area contributed by atoms with Crippen molar-refractivity contribution in [1.29, 1.82) is 0 Å². The molecule has 0 bridgehead atoms. The van der Waals surface area contributed by atoms with E-state index in [1.165, 1.54) is 6.20 Å². The minimum absolute atomic E-state index is 0.112. The average molecular weight is 278 g/mol. The van der Waals surface area contributed by atoms with Gasteiger partial charge >= 0.3 is 0 Å². The molecule has 0 saturated carbocycles. The maximum Gasteiger partial charge on any atom is 0.212 e. The second-order valence-corrected chi connectivity index (χ2v) is 4.70. The molecule has 2 N–H and O–H groups in total. The summed E-state index contributed by atoms with van der Waals surface area (Å²) < 4.78 is 1.65. The topological polar surface area (TPSA) is 60.9 Å². The van der Waals surface area contributed by atoms with Crippen molar-refractivity contribution in [2.45, 2.75) is 26.4 Å². The largest absolute Gasteiger partial charge is 0.326 e. The van der Waals surface area contributed by atoms with Crippen molar-refractivity contribution in [2.75, 3.05) is 0 Å². The zero-order valence-electron chi connectivity index (χ0n) is 10.8. The molecule has 0 aliphatic rings. The fourth-order valence-electron chi connectivity index (χ4n) is 1.90. The van der Waals surface area contributed by atoms with Crippen molar-refractivity contribution < 1.29 is 4.79 Å². The fraction of sp³-hybridized carbons (Fsp3) is 0.286. The van der Waals surface area contributed by atoms with E-state index in [0.717, 1.165) is 12.0 Å². The highest BCUT2D eigenvalue weighted by molar-refractivity contribution is 6.34. The van der Waals surface area contributed by atoms with Crippen LogP contribution in [0.3, 0.4) is 0 Å². The van der Waals surface area contributed by atoms with Gasteiger partial charge in [-0.3, -0.25) is 9.48 Å². The quantitative estimate of drug-likeness (QED) is 0.855. The maximum absolute atomic E-state index is 12.4. The Kier molecular flexibility index (Phi) is 4.35. The normalized spacial score (nSPS) is 10.7. The minimum Gasteiger partial charge on any atom is -0.326 e. The van der Waals surface area contributed by atoms with Crippen LogP contribution in [-0.4, -0.2) is 15.6 Å². The number of hydrogen-bond acceptors (Lipinski definition) is 3. The Bertz CT molecular complexity index is 575. The average Bonchev–Trinajstić information content (AvgIpc) is 2.80. The standard InChI is InChI=1S/C14H16ClN3O/c1-2-7-18-13(12(15)9-17-18)14(19)11-5-3-10(8-16)4-6-11/h3-6,9H,2,7-8,16H2,1H3. The van der Waals surface area contributed by atoms with Gasteiger partial charge in [0.15, 0.2) is 0 Å². The first kappa shape index (κ1) is 13.8. The van der Waals surface area contributed by atoms with E-state index in [0.29, 0.717) is 29.4 Å². The number of nitrogens with zero attached hydrogens (tertiary/aromatic N) is 2. The van der Waals surface area contributed by atoms with E-state index in [9.17, 15) is 4.79 Å². The molecule has 0 atom stereocenters. The van der Waals surface area contributed by atoms with Crippen LogP contribution in [0.4, 0.5) is 0 Å². The van der Waals surface area contributed by atoms with Gasteiger partial charge in [0.25, 0.3) is 0 Å². The summed E-state index contributed by atoms with van der Waals surface area (Å²) >= 11 is 6.06. The lowest BCUT2D eigenvalue weighted by Crippen LogP contribution is -2.12. The minimum atomic E-state index is -0.112. The van der Waals surface area contributed by atoms with Gasteiger partial charge in [-0.2, -0.15) is 5.10 Å². The number of rotatable bonds is 5. The van der Waals surface area contributed by atoms with Crippen molar-refractivity contribution >= 4 is 17.4 Å². The number of halogens is 1. The van der Waals surface area contributed by atoms with Crippen molar-refractivity contribution in [3.05, 3.63) is 52.3 Å². The number of benzene rings is 1. The van der Waals surface area contributed by atoms with Crippen LogP contribution in [0.5, 0.6) is 0 Å². The Morgan fingerprint density at radius 1 is 1.37 bits per heavy atom. The smallest absolute Gasteiger partial charge is 0.212 e. The Morgan fingerprint density at radius 2 is 2.05 bits per heavy atom. The van der Waals surface area contributed by atoms with Crippen molar-refractivity contribution in [2.24, 2.45) is 5.73 Å². The number of ketones is 1. The molecule has 1 heterocycles. The van der Waals surface area contributed by atoms with E-state index in [4.69, 9.17) is 17.3 Å². The van der Waals surface area contributed by atoms with Crippen LogP contribution in [0.1, 0.15) is 35.0 Å². The van der Waals surface area contributed by atoms with Crippen LogP contribution in [0.25, 0.3) is 0 Å². The van der Waals surface area contributed by atoms with Gasteiger partial charge in [-0.15, -0.1) is 0 Å². The number of nitrogens with two attached hydrogens (primary N) is 1. The second kappa shape index (κ2) is 5.99. The summed E-state index contributed by atoms with van der Waals surface area (Å²) in [6.07, 6.45) is 2.41. The molecule has 0 aliphatic heterocycles. The lowest BCUT2D eigenvalue weighted by molar-refractivity contribution is 0.102. The molecule has 2 rings (SSSR count). The SMILES string of the molecule is CCCn1ncc(Cl)c1C(=O)c1ccc(CN)cc1. The molecule has 4 nitrogen and oxygen atoms in total. The van der Waals surface area contributed by atoms with Crippen molar-refractivity contribution in [3.63, 3.8) is 0 Å². The number of aromatic nitrogens is 2. The summed E-state index contributed by atoms with van der Waals surface area (Å²) in [5.74, 6) is -0.112. The molecule has 0 radical (unpaired) electrons. The van der Waals surface area contributed by atoms with Crippen molar-refractivity contribution in [3.8, 4) is 0 Å². The van der Waals surface area contributed by atoms with Crippen LogP contribution in [0.15, 0.2) is 30.5 Å². The van der Waals surface area contributed by atoms with Gasteiger partial charge in [0.2, 0.25) is 5.78 Å². The molecular formula is C14H16ClN3O. The van der Waals surface area contributed by atoms with Gasteiger partial charge in [0, 0.05) is 18.7 Å². The Hall–Kier alpha value is -1.65. The van der Waals surface area contributed by atoms with E-state index >= 15 is 0 Å². The molecule has 1 aromatic carbocycles. The van der Waals surface area contributed by atoms with E-state index in [1.54, 1.807) is 16.8 Å². The Morgan fingerprint density at radius 3 is 2.63 bits per heavy atom. The van der Waals surface area contributed by atoms with Gasteiger partial charge < -0.3 is 5.73 Å². The molecule has 0 unspecified atom stereocenters. The molecule has 100 valence electrons. The van der Waals surface area contributed by atoms with Crippen LogP contribution >= 0.6 is 11.6 Å². The molecule has 5 heteroatoms. The third-order valence-electron chi connectivity index (χ3n) is 2.90. The van der Waals surface area contributed by atoms with Gasteiger partial charge in [-0.05, 0) is 12.0 Å². The first-order valence-electron chi connectivity index (χ1n) is 6.22. The molecule has 0 fully saturated rings. The summed E-state index contributed by atoms with van der Waals surface area (Å²) in [5.41, 5.74) is 7.57. The maximum atomic E-state index is 12.4. The van der Waals surface area contributed by atoms with Gasteiger partial charge in [-0.25, -0.2) is 0 Å². The third kappa shape index (κ3) is 2.85. The highest BCUT2D eigenvalue weighted by Gasteiger charge is 2.18. The lowest BCUT2D eigenvalue weighted by Gasteiger charge is -2.06. The van der Waals surface area contributed by atoms with Crippen molar-refractivity contribution in [1.82, 2.24) is 9.78 Å². The fourth-order valence-corrected chi connectivity index (χ4v) is 2.13. The molecule has 2 aromatic rings. The van der Waals surface area contributed by atoms with E-state index < -0.39 is 0 Å². The van der Waals surface area contributed by atoms with Gasteiger partial charge in [-0.1, -0.05) is 42.8 Å². The summed E-state index contributed by atoms with van der Waals surface area (Å²) in [6, 6.07) is 7.23. The van der Waals surface area contributed by atoms with Crippen LogP contribution in [0, 0.1) is 0 Å². The molecule has 1 aromatic heterocycles. The molecular weight excluding hydrogens is 262 g/mol. The summed E-state index contributed by atoms with van der Waals surface area (Å²) in [7, 11) is 0. The van der Waals surface area contributed by atoms with E-state index in [-0.39, 0.29) is 5.78 Å². The second-order valence-electron chi connectivity index (χ2n) is 4.29. The first-order valence-corrected chi connectivity index (χ1v) is 6.60. The predicted octanol–water partition coefficient (Wildman–Crippen LogP) is 2.64. The van der Waals surface area contributed by atoms with Gasteiger partial charge in [0.1, 0.15) is 5.69 Å². The molecule has 0 spiro atoms. The zero-order valence-corrected chi connectivity index (χ0v) is 11.5. The molecule has 0 amide bonds. The van der Waals surface area contributed by atoms with Crippen LogP contribution in [0.2, 0.25) is 5.02 Å². The highest BCUT2D eigenvalue weighted by Crippen LogP contribution is 2.20. The molecule has 0 aliphatic carbocycles. The zero-order chi connectivity index (χ0) is 13.8. The summed E-state index contributed by atoms with van der Waals surface area (Å²) in [4.78, 5) is 12.4. The van der Waals surface area contributed by atoms with E-state index in [1.807, 2.05) is 19.1 Å². The molecule has 19 heavy (non-hydrogen) atoms. The Labute approximate surface area is 117 Å². The van der Waals surface area contributed by atoms with Gasteiger partial charge in [0.05, 0.1) is 11.2 Å². The molecule has 0 saturated heterocycles. The summed E-state index contributed by atoms with van der Waals surface area (Å²) in [5, 5.41) is 4.52. The number of hydrogen-bond donors (Lipinski definition) is 1. The number of aryl methyl sites for hydroxylation is 1. The monoisotopic (exact) mass is 277 g/mol. The lowest BCUT2D eigenvalue weighted by atomic mass is 10.1. The highest BCUT2D eigenvalue weighted by atomic mass is 35.5.